The van der Waals surface area contributed by atoms with Crippen LogP contribution < -0.4 is 10.6 Å². The molecule has 1 heterocycles. The van der Waals surface area contributed by atoms with Crippen LogP contribution in [-0.2, 0) is 11.2 Å². The van der Waals surface area contributed by atoms with Crippen LogP contribution in [0.25, 0.3) is 0 Å². The second kappa shape index (κ2) is 7.42. The average molecular weight is 362 g/mol. The highest BCUT2D eigenvalue weighted by Gasteiger charge is 2.09. The predicted octanol–water partition coefficient (Wildman–Crippen LogP) is 4.86. The molecule has 4 nitrogen and oxygen atoms in total. The van der Waals surface area contributed by atoms with E-state index in [4.69, 9.17) is 11.6 Å². The molecule has 2 N–H and O–H groups in total. The Morgan fingerprint density at radius 3 is 2.75 bits per heavy atom. The number of amides is 1. The summed E-state index contributed by atoms with van der Waals surface area (Å²) in [5, 5.41) is 8.89. The summed E-state index contributed by atoms with van der Waals surface area (Å²) in [7, 11) is 0. The molecule has 0 spiro atoms. The highest BCUT2D eigenvalue weighted by atomic mass is 35.5. The maximum absolute atomic E-state index is 13.1. The van der Waals surface area contributed by atoms with E-state index in [0.29, 0.717) is 21.5 Å². The molecule has 2 aromatic carbocycles. The van der Waals surface area contributed by atoms with Crippen molar-refractivity contribution < 1.29 is 9.18 Å². The molecule has 7 heteroatoms. The monoisotopic (exact) mass is 361 g/mol. The van der Waals surface area contributed by atoms with E-state index < -0.39 is 5.82 Å². The van der Waals surface area contributed by atoms with Gasteiger partial charge in [-0.05, 0) is 36.4 Å². The molecular weight excluding hydrogens is 349 g/mol. The Morgan fingerprint density at radius 1 is 1.17 bits per heavy atom. The molecule has 0 bridgehead atoms. The molecule has 3 aromatic rings. The lowest BCUT2D eigenvalue weighted by Crippen LogP contribution is -2.14. The van der Waals surface area contributed by atoms with Crippen LogP contribution in [0.1, 0.15) is 5.69 Å². The summed E-state index contributed by atoms with van der Waals surface area (Å²) in [6.07, 6.45) is 0.115. The number of nitrogens with one attached hydrogen (secondary N) is 2. The second-order valence-electron chi connectivity index (χ2n) is 5.01. The predicted molar refractivity (Wildman–Crippen MR) is 95.6 cm³/mol. The number of carbonyl (C=O) groups excluding carboxylic acids is 1. The zero-order valence-corrected chi connectivity index (χ0v) is 14.0. The highest BCUT2D eigenvalue weighted by Crippen LogP contribution is 2.23. The van der Waals surface area contributed by atoms with E-state index in [9.17, 15) is 9.18 Å². The lowest BCUT2D eigenvalue weighted by atomic mass is 10.3. The van der Waals surface area contributed by atoms with Crippen LogP contribution in [0.4, 0.5) is 20.9 Å². The number of thiazole rings is 1. The molecule has 0 saturated heterocycles. The summed E-state index contributed by atoms with van der Waals surface area (Å²) in [6, 6.07) is 13.1. The van der Waals surface area contributed by atoms with Crippen LogP contribution >= 0.6 is 22.9 Å². The van der Waals surface area contributed by atoms with E-state index in [1.807, 2.05) is 12.1 Å². The number of aromatic nitrogens is 1. The standard InChI is InChI=1S/C17H13ClFN3OS/c18-11-3-1-5-13(7-11)21-17-22-15(10-24-17)9-16(23)20-14-6-2-4-12(19)8-14/h1-8,10H,9H2,(H,20,23)(H,21,22). The minimum absolute atomic E-state index is 0.115. The summed E-state index contributed by atoms with van der Waals surface area (Å²) >= 11 is 7.33. The number of benzene rings is 2. The maximum atomic E-state index is 13.1. The van der Waals surface area contributed by atoms with E-state index in [0.717, 1.165) is 5.69 Å². The zero-order valence-electron chi connectivity index (χ0n) is 12.4. The number of carbonyl (C=O) groups is 1. The minimum Gasteiger partial charge on any atom is -0.331 e. The van der Waals surface area contributed by atoms with Gasteiger partial charge in [0.05, 0.1) is 12.1 Å². The number of hydrogen-bond donors (Lipinski definition) is 2. The van der Waals surface area contributed by atoms with Crippen molar-refractivity contribution in [2.24, 2.45) is 0 Å². The topological polar surface area (TPSA) is 54.0 Å². The Kier molecular flexibility index (Phi) is 5.08. The summed E-state index contributed by atoms with van der Waals surface area (Å²) in [6.45, 7) is 0. The quantitative estimate of drug-likeness (QED) is 0.682. The van der Waals surface area contributed by atoms with Crippen LogP contribution in [0.15, 0.2) is 53.9 Å². The fraction of sp³-hybridized carbons (Fsp3) is 0.0588. The number of hydrogen-bond acceptors (Lipinski definition) is 4. The van der Waals surface area contributed by atoms with E-state index >= 15 is 0 Å². The van der Waals surface area contributed by atoms with Gasteiger partial charge in [0.25, 0.3) is 0 Å². The molecule has 0 fully saturated rings. The Labute approximate surface area is 147 Å². The van der Waals surface area contributed by atoms with Gasteiger partial charge in [0.2, 0.25) is 5.91 Å². The fourth-order valence-electron chi connectivity index (χ4n) is 2.07. The van der Waals surface area contributed by atoms with Crippen LogP contribution in [0, 0.1) is 5.82 Å². The van der Waals surface area contributed by atoms with Crippen molar-refractivity contribution in [3.8, 4) is 0 Å². The van der Waals surface area contributed by atoms with Crippen LogP contribution in [0.2, 0.25) is 5.02 Å². The van der Waals surface area contributed by atoms with Gasteiger partial charge >= 0.3 is 0 Å². The van der Waals surface area contributed by atoms with E-state index in [1.54, 1.807) is 29.6 Å². The minimum atomic E-state index is -0.394. The van der Waals surface area contributed by atoms with Crippen molar-refractivity contribution in [2.45, 2.75) is 6.42 Å². The normalized spacial score (nSPS) is 10.4. The lowest BCUT2D eigenvalue weighted by Gasteiger charge is -2.04. The Hall–Kier alpha value is -2.44. The number of nitrogens with zero attached hydrogens (tertiary/aromatic N) is 1. The fourth-order valence-corrected chi connectivity index (χ4v) is 2.99. The molecule has 3 rings (SSSR count). The van der Waals surface area contributed by atoms with Gasteiger partial charge in [-0.25, -0.2) is 9.37 Å². The van der Waals surface area contributed by atoms with Crippen molar-refractivity contribution in [3.05, 3.63) is 70.4 Å². The first-order valence-electron chi connectivity index (χ1n) is 7.11. The number of halogens is 2. The average Bonchev–Trinajstić information content (AvgIpc) is 2.94. The Bertz CT molecular complexity index is 868. The first-order valence-corrected chi connectivity index (χ1v) is 8.37. The van der Waals surface area contributed by atoms with Gasteiger partial charge in [-0.3, -0.25) is 4.79 Å². The first kappa shape index (κ1) is 16.4. The molecule has 0 saturated carbocycles. The van der Waals surface area contributed by atoms with Crippen molar-refractivity contribution in [1.29, 1.82) is 0 Å². The third kappa shape index (κ3) is 4.53. The Balaban J connectivity index is 1.60. The van der Waals surface area contributed by atoms with Gasteiger partial charge in [0, 0.05) is 21.8 Å². The molecule has 24 heavy (non-hydrogen) atoms. The largest absolute Gasteiger partial charge is 0.331 e. The van der Waals surface area contributed by atoms with Gasteiger partial charge in [-0.1, -0.05) is 23.7 Å². The van der Waals surface area contributed by atoms with Gasteiger partial charge in [-0.15, -0.1) is 11.3 Å². The molecule has 0 atom stereocenters. The number of anilines is 3. The van der Waals surface area contributed by atoms with Gasteiger partial charge < -0.3 is 10.6 Å². The van der Waals surface area contributed by atoms with Crippen molar-refractivity contribution >= 4 is 45.4 Å². The summed E-state index contributed by atoms with van der Waals surface area (Å²) < 4.78 is 13.1. The molecule has 0 aliphatic heterocycles. The van der Waals surface area contributed by atoms with E-state index in [2.05, 4.69) is 15.6 Å². The van der Waals surface area contributed by atoms with Gasteiger partial charge in [0.15, 0.2) is 5.13 Å². The number of rotatable bonds is 5. The molecule has 1 amide bonds. The van der Waals surface area contributed by atoms with Crippen molar-refractivity contribution in [3.63, 3.8) is 0 Å². The van der Waals surface area contributed by atoms with Crippen LogP contribution in [0.3, 0.4) is 0 Å². The summed E-state index contributed by atoms with van der Waals surface area (Å²) in [5.41, 5.74) is 1.89. The molecule has 0 unspecified atom stereocenters. The smallest absolute Gasteiger partial charge is 0.230 e. The molecular formula is C17H13ClFN3OS. The van der Waals surface area contributed by atoms with Gasteiger partial charge in [-0.2, -0.15) is 0 Å². The summed E-state index contributed by atoms with van der Waals surface area (Å²) in [5.74, 6) is -0.644. The zero-order chi connectivity index (χ0) is 16.9. The molecule has 0 radical (unpaired) electrons. The third-order valence-electron chi connectivity index (χ3n) is 3.08. The van der Waals surface area contributed by atoms with Gasteiger partial charge in [0.1, 0.15) is 5.82 Å². The van der Waals surface area contributed by atoms with Crippen molar-refractivity contribution in [2.75, 3.05) is 10.6 Å². The van der Waals surface area contributed by atoms with Crippen molar-refractivity contribution in [1.82, 2.24) is 4.98 Å². The lowest BCUT2D eigenvalue weighted by molar-refractivity contribution is -0.115. The highest BCUT2D eigenvalue weighted by molar-refractivity contribution is 7.13. The van der Waals surface area contributed by atoms with E-state index in [-0.39, 0.29) is 12.3 Å². The Morgan fingerprint density at radius 2 is 1.96 bits per heavy atom. The van der Waals surface area contributed by atoms with E-state index in [1.165, 1.54) is 23.5 Å². The second-order valence-corrected chi connectivity index (χ2v) is 6.31. The third-order valence-corrected chi connectivity index (χ3v) is 4.12. The van der Waals surface area contributed by atoms with Crippen LogP contribution in [-0.4, -0.2) is 10.9 Å². The van der Waals surface area contributed by atoms with Crippen LogP contribution in [0.5, 0.6) is 0 Å². The first-order chi connectivity index (χ1) is 11.6. The molecule has 1 aromatic heterocycles. The molecule has 0 aliphatic carbocycles. The SMILES string of the molecule is O=C(Cc1csc(Nc2cccc(Cl)c2)n1)Nc1cccc(F)c1. The summed E-state index contributed by atoms with van der Waals surface area (Å²) in [4.78, 5) is 16.4. The molecule has 122 valence electrons. The molecule has 0 aliphatic rings. The maximum Gasteiger partial charge on any atom is 0.230 e.